The molecule has 1 amide bonds. The molecule has 3 aromatic rings. The van der Waals surface area contributed by atoms with E-state index in [1.165, 1.54) is 13.3 Å². The van der Waals surface area contributed by atoms with E-state index in [4.69, 9.17) is 4.74 Å². The van der Waals surface area contributed by atoms with Crippen molar-refractivity contribution in [3.05, 3.63) is 53.1 Å². The fraction of sp³-hybridized carbons (Fsp3) is 0.350. The van der Waals surface area contributed by atoms with Gasteiger partial charge in [0, 0.05) is 23.5 Å². The summed E-state index contributed by atoms with van der Waals surface area (Å²) in [6.07, 6.45) is -3.83. The van der Waals surface area contributed by atoms with Crippen LogP contribution in [0.2, 0.25) is 0 Å². The standard InChI is InChI=1S/C20H20F3N5O3/c1-11-16(12(2)28-19(26-11)24-10-25-28)8-9-17(29)31-13(3)18(30)27-15-6-4-14(5-7-15)20(21,22)23/h4-7,10,13H,8-9H2,1-3H3,(H,27,30). The van der Waals surface area contributed by atoms with Crippen molar-refractivity contribution in [2.45, 2.75) is 45.9 Å². The van der Waals surface area contributed by atoms with E-state index < -0.39 is 29.7 Å². The molecule has 0 aliphatic heterocycles. The lowest BCUT2D eigenvalue weighted by atomic mass is 10.1. The number of hydrogen-bond donors (Lipinski definition) is 1. The van der Waals surface area contributed by atoms with Gasteiger partial charge in [0.05, 0.1) is 5.56 Å². The Morgan fingerprint density at radius 3 is 2.52 bits per heavy atom. The number of benzene rings is 1. The van der Waals surface area contributed by atoms with Crippen molar-refractivity contribution in [2.24, 2.45) is 0 Å². The molecule has 1 aromatic carbocycles. The predicted molar refractivity (Wildman–Crippen MR) is 104 cm³/mol. The Morgan fingerprint density at radius 2 is 1.87 bits per heavy atom. The van der Waals surface area contributed by atoms with Crippen molar-refractivity contribution in [3.63, 3.8) is 0 Å². The molecule has 0 radical (unpaired) electrons. The first-order valence-electron chi connectivity index (χ1n) is 9.39. The van der Waals surface area contributed by atoms with E-state index >= 15 is 0 Å². The van der Waals surface area contributed by atoms with E-state index in [-0.39, 0.29) is 12.1 Å². The van der Waals surface area contributed by atoms with Crippen LogP contribution in [0.4, 0.5) is 18.9 Å². The first kappa shape index (κ1) is 22.2. The quantitative estimate of drug-likeness (QED) is 0.597. The second kappa shape index (κ2) is 8.70. The first-order valence-corrected chi connectivity index (χ1v) is 9.39. The number of halogens is 3. The van der Waals surface area contributed by atoms with E-state index in [0.29, 0.717) is 12.2 Å². The molecule has 3 rings (SSSR count). The predicted octanol–water partition coefficient (Wildman–Crippen LogP) is 3.26. The Bertz CT molecular complexity index is 1110. The van der Waals surface area contributed by atoms with Gasteiger partial charge in [-0.1, -0.05) is 0 Å². The van der Waals surface area contributed by atoms with Gasteiger partial charge in [0.1, 0.15) is 6.33 Å². The maximum Gasteiger partial charge on any atom is 0.416 e. The van der Waals surface area contributed by atoms with Crippen molar-refractivity contribution in [2.75, 3.05) is 5.32 Å². The Hall–Kier alpha value is -3.50. The topological polar surface area (TPSA) is 98.5 Å². The monoisotopic (exact) mass is 435 g/mol. The van der Waals surface area contributed by atoms with Gasteiger partial charge >= 0.3 is 12.1 Å². The number of amides is 1. The number of nitrogens with one attached hydrogen (secondary N) is 1. The lowest BCUT2D eigenvalue weighted by molar-refractivity contribution is -0.153. The van der Waals surface area contributed by atoms with Gasteiger partial charge in [-0.25, -0.2) is 9.50 Å². The highest BCUT2D eigenvalue weighted by Gasteiger charge is 2.30. The third kappa shape index (κ3) is 5.16. The summed E-state index contributed by atoms with van der Waals surface area (Å²) in [5.74, 6) is -0.770. The van der Waals surface area contributed by atoms with Crippen LogP contribution >= 0.6 is 0 Å². The van der Waals surface area contributed by atoms with Gasteiger partial charge in [-0.3, -0.25) is 9.59 Å². The molecule has 0 saturated heterocycles. The van der Waals surface area contributed by atoms with Gasteiger partial charge < -0.3 is 10.1 Å². The van der Waals surface area contributed by atoms with Gasteiger partial charge in [-0.2, -0.15) is 23.3 Å². The largest absolute Gasteiger partial charge is 0.453 e. The summed E-state index contributed by atoms with van der Waals surface area (Å²) in [4.78, 5) is 32.8. The Balaban J connectivity index is 1.55. The van der Waals surface area contributed by atoms with Crippen LogP contribution in [-0.4, -0.2) is 37.6 Å². The number of esters is 1. The number of rotatable bonds is 6. The molecule has 11 heteroatoms. The van der Waals surface area contributed by atoms with Crippen LogP contribution in [0.1, 0.15) is 35.9 Å². The maximum atomic E-state index is 12.6. The number of carbonyl (C=O) groups excluding carboxylic acids is 2. The van der Waals surface area contributed by atoms with Crippen molar-refractivity contribution in [1.82, 2.24) is 19.6 Å². The fourth-order valence-corrected chi connectivity index (χ4v) is 3.04. The van der Waals surface area contributed by atoms with Crippen LogP contribution in [0, 0.1) is 13.8 Å². The zero-order chi connectivity index (χ0) is 22.8. The summed E-state index contributed by atoms with van der Waals surface area (Å²) >= 11 is 0. The highest BCUT2D eigenvalue weighted by molar-refractivity contribution is 5.95. The molecule has 0 aliphatic rings. The van der Waals surface area contributed by atoms with Crippen molar-refractivity contribution in [3.8, 4) is 0 Å². The second-order valence-electron chi connectivity index (χ2n) is 6.93. The molecule has 2 aromatic heterocycles. The molecule has 164 valence electrons. The molecule has 1 atom stereocenters. The molecule has 1 N–H and O–H groups in total. The van der Waals surface area contributed by atoms with E-state index in [9.17, 15) is 22.8 Å². The first-order chi connectivity index (χ1) is 14.6. The normalized spacial score (nSPS) is 12.6. The number of carbonyl (C=O) groups is 2. The highest BCUT2D eigenvalue weighted by Crippen LogP contribution is 2.29. The number of fused-ring (bicyclic) bond motifs is 1. The Labute approximate surface area is 175 Å². The minimum Gasteiger partial charge on any atom is -0.453 e. The van der Waals surface area contributed by atoms with Gasteiger partial charge in [-0.05, 0) is 57.0 Å². The molecule has 0 saturated carbocycles. The second-order valence-corrected chi connectivity index (χ2v) is 6.93. The summed E-state index contributed by atoms with van der Waals surface area (Å²) < 4.78 is 44.5. The minimum atomic E-state index is -4.46. The van der Waals surface area contributed by atoms with Crippen LogP contribution in [0.25, 0.3) is 5.78 Å². The number of alkyl halides is 3. The van der Waals surface area contributed by atoms with Gasteiger partial charge in [0.25, 0.3) is 11.7 Å². The van der Waals surface area contributed by atoms with Gasteiger partial charge in [0.2, 0.25) is 0 Å². The lowest BCUT2D eigenvalue weighted by Crippen LogP contribution is -2.30. The maximum absolute atomic E-state index is 12.6. The summed E-state index contributed by atoms with van der Waals surface area (Å²) in [7, 11) is 0. The molecular formula is C20H20F3N5O3. The number of anilines is 1. The molecule has 1 unspecified atom stereocenters. The average molecular weight is 435 g/mol. The number of aromatic nitrogens is 4. The highest BCUT2D eigenvalue weighted by atomic mass is 19.4. The van der Waals surface area contributed by atoms with Crippen LogP contribution in [0.15, 0.2) is 30.6 Å². The number of nitrogens with zero attached hydrogens (tertiary/aromatic N) is 4. The zero-order valence-corrected chi connectivity index (χ0v) is 17.0. The number of aryl methyl sites for hydroxylation is 2. The van der Waals surface area contributed by atoms with Crippen molar-refractivity contribution < 1.29 is 27.5 Å². The molecule has 31 heavy (non-hydrogen) atoms. The van der Waals surface area contributed by atoms with Crippen LogP contribution < -0.4 is 5.32 Å². The van der Waals surface area contributed by atoms with E-state index in [1.807, 2.05) is 13.8 Å². The Morgan fingerprint density at radius 1 is 1.19 bits per heavy atom. The molecule has 8 nitrogen and oxygen atoms in total. The third-order valence-corrected chi connectivity index (χ3v) is 4.72. The van der Waals surface area contributed by atoms with Crippen LogP contribution in [0.5, 0.6) is 0 Å². The fourth-order valence-electron chi connectivity index (χ4n) is 3.04. The third-order valence-electron chi connectivity index (χ3n) is 4.72. The van der Waals surface area contributed by atoms with Crippen LogP contribution in [-0.2, 0) is 26.9 Å². The Kier molecular flexibility index (Phi) is 6.23. The lowest BCUT2D eigenvalue weighted by Gasteiger charge is -2.15. The smallest absolute Gasteiger partial charge is 0.416 e. The van der Waals surface area contributed by atoms with E-state index in [0.717, 1.165) is 41.2 Å². The van der Waals surface area contributed by atoms with Crippen LogP contribution in [0.3, 0.4) is 0 Å². The van der Waals surface area contributed by atoms with E-state index in [1.54, 1.807) is 4.52 Å². The van der Waals surface area contributed by atoms with Gasteiger partial charge in [-0.15, -0.1) is 0 Å². The average Bonchev–Trinajstić information content (AvgIpc) is 3.16. The van der Waals surface area contributed by atoms with E-state index in [2.05, 4.69) is 20.4 Å². The molecule has 0 fully saturated rings. The summed E-state index contributed by atoms with van der Waals surface area (Å²) in [5.41, 5.74) is 1.70. The summed E-state index contributed by atoms with van der Waals surface area (Å²) in [6.45, 7) is 5.04. The molecule has 2 heterocycles. The zero-order valence-electron chi connectivity index (χ0n) is 17.0. The molecule has 0 aliphatic carbocycles. The summed E-state index contributed by atoms with van der Waals surface area (Å²) in [5, 5.41) is 6.51. The molecule has 0 bridgehead atoms. The number of ether oxygens (including phenoxy) is 1. The van der Waals surface area contributed by atoms with Crippen molar-refractivity contribution >= 4 is 23.3 Å². The molecule has 0 spiro atoms. The van der Waals surface area contributed by atoms with Gasteiger partial charge in [0.15, 0.2) is 6.10 Å². The molecular weight excluding hydrogens is 415 g/mol. The minimum absolute atomic E-state index is 0.0153. The number of hydrogen-bond acceptors (Lipinski definition) is 6. The van der Waals surface area contributed by atoms with Crippen molar-refractivity contribution in [1.29, 1.82) is 0 Å². The summed E-state index contributed by atoms with van der Waals surface area (Å²) in [6, 6.07) is 3.98. The SMILES string of the molecule is Cc1nc2ncnn2c(C)c1CCC(=O)OC(C)C(=O)Nc1ccc(C(F)(F)F)cc1.